The molecule has 8 rings (SSSR count). The molecule has 17 heteroatoms. The van der Waals surface area contributed by atoms with Gasteiger partial charge in [-0.3, -0.25) is 0 Å². The Hall–Kier alpha value is -4.18. The molecule has 0 saturated carbocycles. The molecule has 0 spiro atoms. The van der Waals surface area contributed by atoms with Crippen molar-refractivity contribution < 1.29 is 93.6 Å². The van der Waals surface area contributed by atoms with Gasteiger partial charge < -0.3 is 18.2 Å². The number of fused-ring (bicyclic) bond motifs is 4. The summed E-state index contributed by atoms with van der Waals surface area (Å²) >= 11 is 0. The molecule has 0 bridgehead atoms. The largest absolute Gasteiger partial charge is 4.00 e. The Morgan fingerprint density at radius 1 is 0.246 bits per heavy atom. The van der Waals surface area contributed by atoms with Crippen LogP contribution in [0.1, 0.15) is 0 Å². The Kier molecular flexibility index (Phi) is 15.2. The Balaban J connectivity index is 0.000000167. The van der Waals surface area contributed by atoms with Crippen LogP contribution in [0, 0.1) is 41.7 Å². The Bertz CT molecular complexity index is 2710. The second kappa shape index (κ2) is 19.0. The molecule has 0 heterocycles. The first-order valence-corrected chi connectivity index (χ1v) is 21.7. The summed E-state index contributed by atoms with van der Waals surface area (Å²) in [6.07, 6.45) is 0. The molecule has 0 N–H and O–H groups in total. The monoisotopic (exact) mass is 968 g/mol. The Labute approximate surface area is 363 Å². The average molecular weight is 969 g/mol. The topological polar surface area (TPSA) is 229 Å². The van der Waals surface area contributed by atoms with E-state index in [0.29, 0.717) is 21.5 Å². The maximum absolute atomic E-state index is 10.9. The third-order valence-corrected chi connectivity index (χ3v) is 11.7. The van der Waals surface area contributed by atoms with Crippen LogP contribution in [0.2, 0.25) is 0 Å². The van der Waals surface area contributed by atoms with E-state index in [0.717, 1.165) is 21.5 Å². The predicted octanol–water partition coefficient (Wildman–Crippen LogP) is 6.98. The van der Waals surface area contributed by atoms with Crippen molar-refractivity contribution in [1.29, 1.82) is 0 Å². The van der Waals surface area contributed by atoms with E-state index in [1.54, 1.807) is 146 Å². The van der Waals surface area contributed by atoms with Crippen LogP contribution in [-0.2, 0) is 40.5 Å². The third-order valence-electron chi connectivity index (χ3n) is 8.08. The molecule has 0 amide bonds. The summed E-state index contributed by atoms with van der Waals surface area (Å²) in [5.41, 5.74) is 0. The van der Waals surface area contributed by atoms with Crippen LogP contribution in [0.5, 0.6) is 0 Å². The number of benzene rings is 8. The standard InChI is InChI=1S/4C10H8O3S.Ce/c4*11-14(12,13)10-7-3-5-8-4-1-2-6-9(8)10;/h4*1-7H,(H,11,12,13);/q;;;;+4/p-4. The molecule has 0 atom stereocenters. The minimum absolute atomic E-state index is 0. The van der Waals surface area contributed by atoms with Gasteiger partial charge in [0.1, 0.15) is 40.5 Å². The van der Waals surface area contributed by atoms with E-state index in [9.17, 15) is 51.9 Å². The van der Waals surface area contributed by atoms with Gasteiger partial charge in [-0.2, -0.15) is 0 Å². The Morgan fingerprint density at radius 3 is 0.579 bits per heavy atom. The van der Waals surface area contributed by atoms with Gasteiger partial charge in [0.15, 0.2) is 0 Å². The van der Waals surface area contributed by atoms with Gasteiger partial charge in [-0.05, 0) is 67.4 Å². The maximum Gasteiger partial charge on any atom is 4.00 e. The van der Waals surface area contributed by atoms with Crippen molar-refractivity contribution in [2.45, 2.75) is 19.6 Å². The first-order valence-electron chi connectivity index (χ1n) is 16.1. The molecule has 288 valence electrons. The third kappa shape index (κ3) is 11.9. The number of hydrogen-bond acceptors (Lipinski definition) is 12. The fraction of sp³-hybridized carbons (Fsp3) is 0. The molecule has 0 aliphatic rings. The Morgan fingerprint density at radius 2 is 0.404 bits per heavy atom. The molecule has 0 aliphatic heterocycles. The van der Waals surface area contributed by atoms with Crippen molar-refractivity contribution in [3.8, 4) is 0 Å². The van der Waals surface area contributed by atoms with Crippen LogP contribution in [0.4, 0.5) is 0 Å². The van der Waals surface area contributed by atoms with Gasteiger partial charge in [-0.1, -0.05) is 146 Å². The number of rotatable bonds is 4. The summed E-state index contributed by atoms with van der Waals surface area (Å²) in [5, 5.41) is 4.92. The van der Waals surface area contributed by atoms with Gasteiger partial charge >= 0.3 is 41.7 Å². The first kappa shape index (κ1) is 45.5. The quantitative estimate of drug-likeness (QED) is 0.163. The van der Waals surface area contributed by atoms with Crippen LogP contribution in [0.3, 0.4) is 0 Å². The molecule has 57 heavy (non-hydrogen) atoms. The van der Waals surface area contributed by atoms with Gasteiger partial charge in [0.05, 0.1) is 19.6 Å². The van der Waals surface area contributed by atoms with E-state index in [2.05, 4.69) is 0 Å². The van der Waals surface area contributed by atoms with Crippen LogP contribution in [-0.4, -0.2) is 51.9 Å². The second-order valence-electron chi connectivity index (χ2n) is 11.7. The van der Waals surface area contributed by atoms with Gasteiger partial charge in [-0.15, -0.1) is 0 Å². The summed E-state index contributed by atoms with van der Waals surface area (Å²) in [6, 6.07) is 46.2. The molecule has 0 fully saturated rings. The molecular formula is C40H28CeO12S4. The van der Waals surface area contributed by atoms with Gasteiger partial charge in [-0.25, -0.2) is 33.7 Å². The van der Waals surface area contributed by atoms with Crippen molar-refractivity contribution in [3.05, 3.63) is 170 Å². The minimum Gasteiger partial charge on any atom is -0.744 e. The van der Waals surface area contributed by atoms with E-state index >= 15 is 0 Å². The zero-order valence-electron chi connectivity index (χ0n) is 29.2. The molecule has 0 aromatic heterocycles. The van der Waals surface area contributed by atoms with Crippen LogP contribution < -0.4 is 0 Å². The van der Waals surface area contributed by atoms with Gasteiger partial charge in [0.2, 0.25) is 0 Å². The van der Waals surface area contributed by atoms with Crippen LogP contribution >= 0.6 is 0 Å². The fourth-order valence-electron chi connectivity index (χ4n) is 5.65. The van der Waals surface area contributed by atoms with Crippen molar-refractivity contribution in [2.75, 3.05) is 0 Å². The normalized spacial score (nSPS) is 11.6. The smallest absolute Gasteiger partial charge is 0.744 e. The van der Waals surface area contributed by atoms with Crippen molar-refractivity contribution in [2.24, 2.45) is 0 Å². The van der Waals surface area contributed by atoms with Gasteiger partial charge in [0, 0.05) is 0 Å². The summed E-state index contributed by atoms with van der Waals surface area (Å²) in [5.74, 6) is 0. The molecule has 0 unspecified atom stereocenters. The van der Waals surface area contributed by atoms with Crippen LogP contribution in [0.15, 0.2) is 189 Å². The van der Waals surface area contributed by atoms with Crippen molar-refractivity contribution >= 4 is 83.6 Å². The molecular weight excluding hydrogens is 941 g/mol. The minimum atomic E-state index is -4.38. The summed E-state index contributed by atoms with van der Waals surface area (Å²) in [6.45, 7) is 0. The average Bonchev–Trinajstić information content (AvgIpc) is 3.16. The van der Waals surface area contributed by atoms with Crippen molar-refractivity contribution in [1.82, 2.24) is 0 Å². The summed E-state index contributed by atoms with van der Waals surface area (Å²) in [4.78, 5) is -0.627. The number of hydrogen-bond donors (Lipinski definition) is 0. The summed E-state index contributed by atoms with van der Waals surface area (Å²) in [7, 11) is -17.5. The molecule has 12 nitrogen and oxygen atoms in total. The maximum atomic E-state index is 10.9. The van der Waals surface area contributed by atoms with Crippen LogP contribution in [0.25, 0.3) is 43.1 Å². The van der Waals surface area contributed by atoms with E-state index in [4.69, 9.17) is 0 Å². The molecule has 0 aliphatic carbocycles. The molecule has 8 aromatic carbocycles. The van der Waals surface area contributed by atoms with E-state index < -0.39 is 40.5 Å². The predicted molar refractivity (Wildman–Crippen MR) is 208 cm³/mol. The van der Waals surface area contributed by atoms with E-state index in [-0.39, 0.29) is 61.3 Å². The second-order valence-corrected chi connectivity index (χ2v) is 17.1. The SMILES string of the molecule is O=S(=O)([O-])c1cccc2ccccc12.O=S(=O)([O-])c1cccc2ccccc12.O=S(=O)([O-])c1cccc2ccccc12.O=S(=O)([O-])c1cccc2ccccc12.[Ce+4]. The van der Waals surface area contributed by atoms with E-state index in [1.807, 2.05) is 0 Å². The molecule has 0 radical (unpaired) electrons. The fourth-order valence-corrected chi connectivity index (χ4v) is 8.46. The van der Waals surface area contributed by atoms with Gasteiger partial charge in [0.25, 0.3) is 0 Å². The van der Waals surface area contributed by atoms with E-state index in [1.165, 1.54) is 24.3 Å². The summed E-state index contributed by atoms with van der Waals surface area (Å²) < 4.78 is 131. The molecule has 0 saturated heterocycles. The first-order chi connectivity index (χ1) is 26.4. The molecule has 8 aromatic rings. The zero-order valence-corrected chi connectivity index (χ0v) is 35.6. The van der Waals surface area contributed by atoms with Crippen molar-refractivity contribution in [3.63, 3.8) is 0 Å². The zero-order chi connectivity index (χ0) is 40.7.